The van der Waals surface area contributed by atoms with Gasteiger partial charge in [-0.15, -0.1) is 0 Å². The highest BCUT2D eigenvalue weighted by molar-refractivity contribution is 6.29. The summed E-state index contributed by atoms with van der Waals surface area (Å²) in [5, 5.41) is 3.02. The molecule has 0 unspecified atom stereocenters. The summed E-state index contributed by atoms with van der Waals surface area (Å²) >= 11 is 6.35. The molecular weight excluding hydrogens is 454 g/mol. The number of rotatable bonds is 5. The molecule has 0 aliphatic carbocycles. The number of halogens is 1. The van der Waals surface area contributed by atoms with Crippen LogP contribution in [0.15, 0.2) is 48.5 Å². The molecular formula is C26H24ClN3O4. The normalized spacial score (nSPS) is 14.6. The molecule has 7 nitrogen and oxygen atoms in total. The number of carbonyl (C=O) groups is 1. The van der Waals surface area contributed by atoms with Gasteiger partial charge in [-0.2, -0.15) is 4.98 Å². The number of aryl methyl sites for hydroxylation is 1. The minimum absolute atomic E-state index is 0.0282. The molecule has 1 amide bonds. The fourth-order valence-electron chi connectivity index (χ4n) is 4.41. The quantitative estimate of drug-likeness (QED) is 0.292. The Labute approximate surface area is 202 Å². The van der Waals surface area contributed by atoms with Gasteiger partial charge in [-0.05, 0) is 70.6 Å². The van der Waals surface area contributed by atoms with Crippen molar-refractivity contribution in [2.75, 3.05) is 38.6 Å². The highest BCUT2D eigenvalue weighted by Gasteiger charge is 2.24. The van der Waals surface area contributed by atoms with Crippen molar-refractivity contribution in [2.24, 2.45) is 0 Å². The predicted molar refractivity (Wildman–Crippen MR) is 133 cm³/mol. The minimum atomic E-state index is -0.135. The smallest absolute Gasteiger partial charge is 0.254 e. The third-order valence-electron chi connectivity index (χ3n) is 6.00. The fraction of sp³-hybridized carbons (Fsp3) is 0.269. The van der Waals surface area contributed by atoms with Gasteiger partial charge in [0.1, 0.15) is 18.2 Å². The van der Waals surface area contributed by atoms with Crippen molar-refractivity contribution in [2.45, 2.75) is 13.3 Å². The number of carbonyl (C=O) groups excluding carboxylic acids is 1. The summed E-state index contributed by atoms with van der Waals surface area (Å²) in [6, 6.07) is 16.2. The van der Waals surface area contributed by atoms with Gasteiger partial charge in [0.15, 0.2) is 6.79 Å². The zero-order valence-corrected chi connectivity index (χ0v) is 19.8. The van der Waals surface area contributed by atoms with Crippen LogP contribution in [0.25, 0.3) is 32.8 Å². The van der Waals surface area contributed by atoms with Gasteiger partial charge in [-0.1, -0.05) is 30.3 Å². The van der Waals surface area contributed by atoms with Gasteiger partial charge >= 0.3 is 0 Å². The van der Waals surface area contributed by atoms with Crippen molar-refractivity contribution >= 4 is 45.0 Å². The second kappa shape index (κ2) is 9.54. The second-order valence-electron chi connectivity index (χ2n) is 8.14. The SMILES string of the molecule is COCOc1cc(-c2ccc3c(N4CCCOCC4=O)nc(Cl)nc3c2C)c2ccccc2c1. The Hall–Kier alpha value is -3.26. The molecule has 0 bridgehead atoms. The summed E-state index contributed by atoms with van der Waals surface area (Å²) in [6.07, 6.45) is 0.728. The molecule has 1 aliphatic rings. The number of hydrogen-bond donors (Lipinski definition) is 0. The third-order valence-corrected chi connectivity index (χ3v) is 6.16. The van der Waals surface area contributed by atoms with Gasteiger partial charge in [0, 0.05) is 25.6 Å². The summed E-state index contributed by atoms with van der Waals surface area (Å²) in [5.41, 5.74) is 3.66. The largest absolute Gasteiger partial charge is 0.468 e. The number of anilines is 1. The van der Waals surface area contributed by atoms with E-state index < -0.39 is 0 Å². The highest BCUT2D eigenvalue weighted by Crippen LogP contribution is 2.38. The average molecular weight is 478 g/mol. The Kier molecular flexibility index (Phi) is 6.32. The second-order valence-corrected chi connectivity index (χ2v) is 8.48. The van der Waals surface area contributed by atoms with E-state index in [-0.39, 0.29) is 24.6 Å². The zero-order chi connectivity index (χ0) is 23.7. The lowest BCUT2D eigenvalue weighted by atomic mass is 9.93. The van der Waals surface area contributed by atoms with Crippen LogP contribution in [0.2, 0.25) is 5.28 Å². The van der Waals surface area contributed by atoms with E-state index in [1.54, 1.807) is 12.0 Å². The van der Waals surface area contributed by atoms with Gasteiger partial charge in [0.2, 0.25) is 5.28 Å². The van der Waals surface area contributed by atoms with Crippen molar-refractivity contribution in [3.8, 4) is 16.9 Å². The van der Waals surface area contributed by atoms with Crippen molar-refractivity contribution in [3.63, 3.8) is 0 Å². The van der Waals surface area contributed by atoms with Gasteiger partial charge in [-0.25, -0.2) is 4.98 Å². The summed E-state index contributed by atoms with van der Waals surface area (Å²) in [7, 11) is 1.59. The van der Waals surface area contributed by atoms with Gasteiger partial charge in [0.05, 0.1) is 5.52 Å². The molecule has 34 heavy (non-hydrogen) atoms. The number of fused-ring (bicyclic) bond motifs is 2. The Balaban J connectivity index is 1.70. The molecule has 1 aromatic heterocycles. The molecule has 1 aliphatic heterocycles. The molecule has 0 atom stereocenters. The zero-order valence-electron chi connectivity index (χ0n) is 19.0. The Bertz CT molecular complexity index is 1390. The van der Waals surface area contributed by atoms with Gasteiger partial charge in [-0.3, -0.25) is 9.69 Å². The van der Waals surface area contributed by atoms with E-state index in [2.05, 4.69) is 22.1 Å². The number of aromatic nitrogens is 2. The monoisotopic (exact) mass is 477 g/mol. The standard InChI is InChI=1S/C26H24ClN3O4/c1-16-19(22-13-18(34-15-32-2)12-17-6-3-4-7-20(17)22)8-9-21-24(16)28-26(27)29-25(21)30-10-5-11-33-14-23(30)31/h3-4,6-9,12-13H,5,10-11,14-15H2,1-2H3. The van der Waals surface area contributed by atoms with E-state index in [4.69, 9.17) is 25.8 Å². The fourth-order valence-corrected chi connectivity index (χ4v) is 4.58. The maximum Gasteiger partial charge on any atom is 0.254 e. The molecule has 1 saturated heterocycles. The molecule has 0 saturated carbocycles. The Morgan fingerprint density at radius 3 is 2.79 bits per heavy atom. The molecule has 0 spiro atoms. The van der Waals surface area contributed by atoms with E-state index in [0.717, 1.165) is 39.3 Å². The van der Waals surface area contributed by atoms with E-state index in [0.29, 0.717) is 30.2 Å². The number of ether oxygens (including phenoxy) is 3. The molecule has 0 N–H and O–H groups in total. The van der Waals surface area contributed by atoms with Crippen LogP contribution >= 0.6 is 11.6 Å². The molecule has 3 aromatic carbocycles. The van der Waals surface area contributed by atoms with Crippen molar-refractivity contribution < 1.29 is 19.0 Å². The Morgan fingerprint density at radius 2 is 1.94 bits per heavy atom. The summed E-state index contributed by atoms with van der Waals surface area (Å²) in [4.78, 5) is 23.3. The molecule has 4 aromatic rings. The lowest BCUT2D eigenvalue weighted by Gasteiger charge is -2.21. The van der Waals surface area contributed by atoms with E-state index >= 15 is 0 Å². The number of amides is 1. The first-order valence-corrected chi connectivity index (χ1v) is 11.4. The summed E-state index contributed by atoms with van der Waals surface area (Å²) < 4.78 is 16.3. The first-order valence-electron chi connectivity index (χ1n) is 11.1. The number of hydrogen-bond acceptors (Lipinski definition) is 6. The van der Waals surface area contributed by atoms with E-state index in [9.17, 15) is 4.79 Å². The molecule has 8 heteroatoms. The molecule has 5 rings (SSSR count). The third kappa shape index (κ3) is 4.18. The van der Waals surface area contributed by atoms with Crippen LogP contribution < -0.4 is 9.64 Å². The highest BCUT2D eigenvalue weighted by atomic mass is 35.5. The van der Waals surface area contributed by atoms with Gasteiger partial charge < -0.3 is 14.2 Å². The molecule has 1 fully saturated rings. The van der Waals surface area contributed by atoms with Crippen molar-refractivity contribution in [1.82, 2.24) is 9.97 Å². The predicted octanol–water partition coefficient (Wildman–Crippen LogP) is 5.15. The van der Waals surface area contributed by atoms with Crippen LogP contribution in [0.1, 0.15) is 12.0 Å². The number of benzene rings is 3. The first kappa shape index (κ1) is 22.5. The maximum atomic E-state index is 12.7. The van der Waals surface area contributed by atoms with Gasteiger partial charge in [0.25, 0.3) is 5.91 Å². The van der Waals surface area contributed by atoms with Crippen molar-refractivity contribution in [3.05, 3.63) is 59.4 Å². The lowest BCUT2D eigenvalue weighted by Crippen LogP contribution is -2.33. The topological polar surface area (TPSA) is 73.8 Å². The average Bonchev–Trinajstić information content (AvgIpc) is 3.06. The number of nitrogens with zero attached hydrogens (tertiary/aromatic N) is 3. The van der Waals surface area contributed by atoms with Crippen molar-refractivity contribution in [1.29, 1.82) is 0 Å². The minimum Gasteiger partial charge on any atom is -0.468 e. The maximum absolute atomic E-state index is 12.7. The van der Waals surface area contributed by atoms with Crippen LogP contribution in [-0.4, -0.2) is 49.5 Å². The summed E-state index contributed by atoms with van der Waals surface area (Å²) in [6.45, 7) is 3.26. The van der Waals surface area contributed by atoms with E-state index in [1.165, 1.54) is 0 Å². The van der Waals surface area contributed by atoms with Crippen LogP contribution in [0, 0.1) is 6.92 Å². The van der Waals surface area contributed by atoms with Crippen LogP contribution in [0.4, 0.5) is 5.82 Å². The summed E-state index contributed by atoms with van der Waals surface area (Å²) in [5.74, 6) is 1.10. The first-order chi connectivity index (χ1) is 16.6. The van der Waals surface area contributed by atoms with Crippen LogP contribution in [0.5, 0.6) is 5.75 Å². The van der Waals surface area contributed by atoms with Crippen LogP contribution in [0.3, 0.4) is 0 Å². The lowest BCUT2D eigenvalue weighted by molar-refractivity contribution is -0.122. The van der Waals surface area contributed by atoms with Crippen LogP contribution in [-0.2, 0) is 14.3 Å². The van der Waals surface area contributed by atoms with E-state index in [1.807, 2.05) is 43.3 Å². The molecule has 0 radical (unpaired) electrons. The number of methoxy groups -OCH3 is 1. The molecule has 2 heterocycles. The molecule has 174 valence electrons. The Morgan fingerprint density at radius 1 is 1.09 bits per heavy atom.